The van der Waals surface area contributed by atoms with Gasteiger partial charge in [0.05, 0.1) is 4.83 Å². The summed E-state index contributed by atoms with van der Waals surface area (Å²) < 4.78 is -0.0283. The van der Waals surface area contributed by atoms with Gasteiger partial charge in [-0.15, -0.1) is 11.6 Å². The minimum absolute atomic E-state index is 0.0283. The molecular weight excluding hydrogens is 403 g/mol. The first kappa shape index (κ1) is 11.2. The minimum Gasteiger partial charge on any atom is -0.109 e. The highest BCUT2D eigenvalue weighted by molar-refractivity contribution is 9.14. The first-order chi connectivity index (χ1) is 4.09. The van der Waals surface area contributed by atoms with Crippen molar-refractivity contribution in [1.82, 2.24) is 0 Å². The van der Waals surface area contributed by atoms with E-state index in [1.54, 1.807) is 0 Å². The van der Waals surface area contributed by atoms with Crippen LogP contribution in [0.5, 0.6) is 0 Å². The summed E-state index contributed by atoms with van der Waals surface area (Å²) in [5.41, 5.74) is 0. The molecule has 0 aliphatic heterocycles. The summed E-state index contributed by atoms with van der Waals surface area (Å²) in [6, 6.07) is 0. The summed E-state index contributed by atoms with van der Waals surface area (Å²) in [7, 11) is 0. The van der Waals surface area contributed by atoms with Crippen LogP contribution in [0.25, 0.3) is 0 Å². The van der Waals surface area contributed by atoms with Gasteiger partial charge >= 0.3 is 0 Å². The van der Waals surface area contributed by atoms with Crippen LogP contribution in [-0.4, -0.2) is 19.3 Å². The highest BCUT2D eigenvalue weighted by atomic mass is 79.9. The molecule has 3 unspecified atom stereocenters. The quantitative estimate of drug-likeness (QED) is 0.623. The molecule has 0 spiro atoms. The van der Waals surface area contributed by atoms with Gasteiger partial charge in [0.1, 0.15) is 4.29 Å². The van der Waals surface area contributed by atoms with Gasteiger partial charge in [0.15, 0.2) is 0 Å². The fraction of sp³-hybridized carbons (Fsp3) is 1.00. The van der Waals surface area contributed by atoms with Crippen LogP contribution in [0.1, 0.15) is 0 Å². The Morgan fingerprint density at radius 3 is 1.78 bits per heavy atom. The van der Waals surface area contributed by atoms with Gasteiger partial charge < -0.3 is 0 Å². The Labute approximate surface area is 93.6 Å². The lowest BCUT2D eigenvalue weighted by Gasteiger charge is -2.14. The van der Waals surface area contributed by atoms with E-state index in [-0.39, 0.29) is 9.11 Å². The second-order valence-corrected chi connectivity index (χ2v) is 6.31. The molecule has 0 amide bonds. The molecule has 0 aromatic rings. The lowest BCUT2D eigenvalue weighted by atomic mass is 10.4. The van der Waals surface area contributed by atoms with Crippen molar-refractivity contribution in [3.05, 3.63) is 0 Å². The van der Waals surface area contributed by atoms with Crippen LogP contribution in [-0.2, 0) is 0 Å². The normalized spacial score (nSPS) is 21.0. The van der Waals surface area contributed by atoms with Gasteiger partial charge in [0.25, 0.3) is 0 Å². The molecule has 0 saturated carbocycles. The van der Waals surface area contributed by atoms with E-state index in [2.05, 4.69) is 63.7 Å². The molecule has 0 aliphatic carbocycles. The molecule has 0 N–H and O–H groups in total. The lowest BCUT2D eigenvalue weighted by Crippen LogP contribution is -2.21. The topological polar surface area (TPSA) is 0 Å². The second-order valence-electron chi connectivity index (χ2n) is 1.45. The zero-order valence-electron chi connectivity index (χ0n) is 4.33. The minimum atomic E-state index is -0.0283. The highest BCUT2D eigenvalue weighted by Gasteiger charge is 2.20. The lowest BCUT2D eigenvalue weighted by molar-refractivity contribution is 0.959. The smallest absolute Gasteiger partial charge is 0.102 e. The largest absolute Gasteiger partial charge is 0.109 e. The van der Waals surface area contributed by atoms with E-state index in [1.165, 1.54) is 0 Å². The van der Waals surface area contributed by atoms with Gasteiger partial charge in [-0.3, -0.25) is 0 Å². The molecule has 0 aromatic carbocycles. The molecule has 0 fully saturated rings. The molecule has 9 heavy (non-hydrogen) atoms. The zero-order valence-corrected chi connectivity index (χ0v) is 11.4. The molecule has 0 radical (unpaired) electrons. The van der Waals surface area contributed by atoms with Crippen molar-refractivity contribution in [2.45, 2.75) is 13.9 Å². The standard InChI is InChI=1S/C4H5Br4Cl/c5-1-2(6)3(7)4(8)9/h2-4H,1H2. The van der Waals surface area contributed by atoms with Crippen molar-refractivity contribution in [2.75, 3.05) is 5.33 Å². The number of rotatable bonds is 3. The summed E-state index contributed by atoms with van der Waals surface area (Å²) in [5.74, 6) is 0. The molecule has 5 heteroatoms. The highest BCUT2D eigenvalue weighted by Crippen LogP contribution is 2.26. The van der Waals surface area contributed by atoms with Crippen molar-refractivity contribution < 1.29 is 0 Å². The van der Waals surface area contributed by atoms with E-state index >= 15 is 0 Å². The Bertz CT molecular complexity index is 77.0. The molecular formula is C4H5Br4Cl. The van der Waals surface area contributed by atoms with Crippen LogP contribution in [0.2, 0.25) is 0 Å². The van der Waals surface area contributed by atoms with Crippen LogP contribution in [0.3, 0.4) is 0 Å². The van der Waals surface area contributed by atoms with E-state index in [0.717, 1.165) is 5.33 Å². The van der Waals surface area contributed by atoms with Gasteiger partial charge in [-0.05, 0) is 0 Å². The van der Waals surface area contributed by atoms with E-state index in [1.807, 2.05) is 0 Å². The summed E-state index contributed by atoms with van der Waals surface area (Å²) in [6.07, 6.45) is 0. The van der Waals surface area contributed by atoms with E-state index in [4.69, 9.17) is 11.6 Å². The van der Waals surface area contributed by atoms with Gasteiger partial charge in [-0.25, -0.2) is 0 Å². The molecule has 0 heterocycles. The summed E-state index contributed by atoms with van der Waals surface area (Å²) in [5, 5.41) is 0.887. The van der Waals surface area contributed by atoms with Gasteiger partial charge in [0.2, 0.25) is 0 Å². The SMILES string of the molecule is ClC(Br)C(Br)C(Br)CBr. The summed E-state index contributed by atoms with van der Waals surface area (Å²) in [6.45, 7) is 0. The maximum absolute atomic E-state index is 5.72. The van der Waals surface area contributed by atoms with Crippen LogP contribution in [0.4, 0.5) is 0 Å². The van der Waals surface area contributed by atoms with Crippen LogP contribution in [0, 0.1) is 0 Å². The van der Waals surface area contributed by atoms with Crippen LogP contribution in [0.15, 0.2) is 0 Å². The van der Waals surface area contributed by atoms with Gasteiger partial charge in [0, 0.05) is 10.2 Å². The molecule has 0 rings (SSSR count). The number of alkyl halides is 5. The Morgan fingerprint density at radius 1 is 1.22 bits per heavy atom. The molecule has 0 aromatic heterocycles. The van der Waals surface area contributed by atoms with E-state index in [0.29, 0.717) is 4.83 Å². The fourth-order valence-corrected chi connectivity index (χ4v) is 2.77. The predicted octanol–water partition coefficient (Wildman–Crippen LogP) is 3.87. The first-order valence-corrected chi connectivity index (χ1v) is 6.52. The molecule has 3 atom stereocenters. The third-order valence-electron chi connectivity index (χ3n) is 0.734. The maximum atomic E-state index is 5.72. The average Bonchev–Trinajstić information content (AvgIpc) is 1.84. The number of halogens is 5. The van der Waals surface area contributed by atoms with Crippen LogP contribution < -0.4 is 0 Å². The molecule has 0 aliphatic rings. The maximum Gasteiger partial charge on any atom is 0.102 e. The third-order valence-corrected chi connectivity index (χ3v) is 6.92. The van der Waals surface area contributed by atoms with Crippen molar-refractivity contribution in [3.63, 3.8) is 0 Å². The monoisotopic (exact) mass is 404 g/mol. The second kappa shape index (κ2) is 5.81. The number of hydrogen-bond donors (Lipinski definition) is 0. The van der Waals surface area contributed by atoms with Crippen LogP contribution >= 0.6 is 75.3 Å². The summed E-state index contributed by atoms with van der Waals surface area (Å²) in [4.78, 5) is 0.609. The predicted molar refractivity (Wildman–Crippen MR) is 57.8 cm³/mol. The fourth-order valence-electron chi connectivity index (χ4n) is 0.243. The Kier molecular flexibility index (Phi) is 7.24. The van der Waals surface area contributed by atoms with Crippen molar-refractivity contribution >= 4 is 75.3 Å². The molecule has 0 bridgehead atoms. The van der Waals surface area contributed by atoms with E-state index in [9.17, 15) is 0 Å². The van der Waals surface area contributed by atoms with Gasteiger partial charge in [-0.2, -0.15) is 0 Å². The molecule has 0 saturated heterocycles. The Morgan fingerprint density at radius 2 is 1.67 bits per heavy atom. The van der Waals surface area contributed by atoms with Gasteiger partial charge in [-0.1, -0.05) is 63.7 Å². The van der Waals surface area contributed by atoms with Crippen molar-refractivity contribution in [1.29, 1.82) is 0 Å². The van der Waals surface area contributed by atoms with Crippen molar-refractivity contribution in [3.8, 4) is 0 Å². The Hall–Kier alpha value is 2.21. The number of hydrogen-bond acceptors (Lipinski definition) is 0. The first-order valence-electron chi connectivity index (χ1n) is 2.22. The van der Waals surface area contributed by atoms with Crippen molar-refractivity contribution in [2.24, 2.45) is 0 Å². The molecule has 0 nitrogen and oxygen atoms in total. The van der Waals surface area contributed by atoms with E-state index < -0.39 is 0 Å². The molecule has 56 valence electrons. The summed E-state index contributed by atoms with van der Waals surface area (Å²) >= 11 is 19.1. The average molecular weight is 408 g/mol. The third kappa shape index (κ3) is 4.62. The zero-order chi connectivity index (χ0) is 7.44. The Balaban J connectivity index is 3.58.